The molecule has 176 valence electrons. The van der Waals surface area contributed by atoms with Crippen molar-refractivity contribution in [1.29, 1.82) is 0 Å². The highest BCUT2D eigenvalue weighted by molar-refractivity contribution is 6.01. The van der Waals surface area contributed by atoms with Crippen LogP contribution in [-0.2, 0) is 24.0 Å². The van der Waals surface area contributed by atoms with E-state index in [1.165, 1.54) is 0 Å². The Kier molecular flexibility index (Phi) is 7.55. The molecule has 0 spiro atoms. The molecule has 0 aromatic rings. The van der Waals surface area contributed by atoms with E-state index < -0.39 is 30.2 Å². The van der Waals surface area contributed by atoms with Crippen molar-refractivity contribution >= 4 is 23.7 Å². The van der Waals surface area contributed by atoms with Gasteiger partial charge in [-0.1, -0.05) is 6.42 Å². The van der Waals surface area contributed by atoms with Gasteiger partial charge in [0.25, 0.3) is 11.8 Å². The molecule has 2 saturated heterocycles. The Hall–Kier alpha value is -2.00. The van der Waals surface area contributed by atoms with Gasteiger partial charge in [-0.25, -0.2) is 4.79 Å². The van der Waals surface area contributed by atoms with Gasteiger partial charge >= 0.3 is 5.97 Å². The smallest absolute Gasteiger partial charge is 0.333 e. The van der Waals surface area contributed by atoms with Crippen LogP contribution in [0.2, 0.25) is 0 Å². The second-order valence-corrected chi connectivity index (χ2v) is 9.23. The highest BCUT2D eigenvalue weighted by atomic mass is 16.7. The maximum Gasteiger partial charge on any atom is 0.333 e. The van der Waals surface area contributed by atoms with Gasteiger partial charge in [0.05, 0.1) is 5.41 Å². The van der Waals surface area contributed by atoms with E-state index in [1.807, 2.05) is 27.8 Å². The van der Waals surface area contributed by atoms with Crippen LogP contribution in [0.5, 0.6) is 0 Å². The van der Waals surface area contributed by atoms with Gasteiger partial charge in [0, 0.05) is 53.2 Å². The van der Waals surface area contributed by atoms with Crippen molar-refractivity contribution in [2.75, 3.05) is 27.1 Å². The predicted octanol–water partition coefficient (Wildman–Crippen LogP) is 1.32. The molecule has 3 unspecified atom stereocenters. The van der Waals surface area contributed by atoms with Gasteiger partial charge in [-0.15, -0.1) is 5.06 Å². The third kappa shape index (κ3) is 6.04. The predicted molar refractivity (Wildman–Crippen MR) is 116 cm³/mol. The summed E-state index contributed by atoms with van der Waals surface area (Å²) < 4.78 is 15.9. The third-order valence-corrected chi connectivity index (χ3v) is 6.49. The molecule has 0 bridgehead atoms. The van der Waals surface area contributed by atoms with Crippen LogP contribution in [0.25, 0.3) is 0 Å². The van der Waals surface area contributed by atoms with Crippen molar-refractivity contribution in [2.24, 2.45) is 5.41 Å². The molecule has 2 rings (SSSR count). The highest BCUT2D eigenvalue weighted by Crippen LogP contribution is 2.33. The minimum Gasteiger partial charge on any atom is -0.356 e. The van der Waals surface area contributed by atoms with Crippen molar-refractivity contribution < 1.29 is 26.8 Å². The zero-order valence-electron chi connectivity index (χ0n) is 21.3. The quantitative estimate of drug-likeness (QED) is 0.426. The number of piperazine rings is 1. The number of hydroxylamine groups is 2. The van der Waals surface area contributed by atoms with Crippen LogP contribution in [0.3, 0.4) is 0 Å². The second-order valence-electron chi connectivity index (χ2n) is 9.23. The lowest BCUT2D eigenvalue weighted by molar-refractivity contribution is -0.197. The largest absolute Gasteiger partial charge is 0.356 e. The first-order chi connectivity index (χ1) is 15.4. The second kappa shape index (κ2) is 10.5. The lowest BCUT2D eigenvalue weighted by Gasteiger charge is -2.52. The molecule has 9 heteroatoms. The molecule has 0 aliphatic carbocycles. The Labute approximate surface area is 188 Å². The molecule has 2 fully saturated rings. The lowest BCUT2D eigenvalue weighted by atomic mass is 9.77. The number of carbonyl (C=O) groups excluding carboxylic acids is 4. The first-order valence-electron chi connectivity index (χ1n) is 12.2. The molecular formula is C22H38N4O5. The van der Waals surface area contributed by atoms with Crippen LogP contribution in [0.4, 0.5) is 0 Å². The molecule has 2 aliphatic heterocycles. The van der Waals surface area contributed by atoms with Crippen LogP contribution in [0, 0.1) is 5.41 Å². The highest BCUT2D eigenvalue weighted by Gasteiger charge is 2.46. The summed E-state index contributed by atoms with van der Waals surface area (Å²) in [7, 11) is 2.01. The van der Waals surface area contributed by atoms with E-state index in [4.69, 9.17) is 7.58 Å². The van der Waals surface area contributed by atoms with Crippen LogP contribution < -0.4 is 5.32 Å². The van der Waals surface area contributed by atoms with E-state index in [2.05, 4.69) is 17.1 Å². The summed E-state index contributed by atoms with van der Waals surface area (Å²) in [5, 5.41) is 3.52. The van der Waals surface area contributed by atoms with Crippen molar-refractivity contribution in [3.63, 3.8) is 0 Å². The normalized spacial score (nSPS) is 26.8. The maximum atomic E-state index is 13.0. The van der Waals surface area contributed by atoms with Gasteiger partial charge in [0.1, 0.15) is 0 Å². The molecule has 1 N–H and O–H groups in total. The number of unbranched alkanes of at least 4 members (excludes halogenated alkanes) is 2. The average Bonchev–Trinajstić information content (AvgIpc) is 3.05. The van der Waals surface area contributed by atoms with E-state index in [1.54, 1.807) is 4.90 Å². The minimum absolute atomic E-state index is 0.00748. The van der Waals surface area contributed by atoms with Gasteiger partial charge in [0.2, 0.25) is 5.91 Å². The van der Waals surface area contributed by atoms with Gasteiger partial charge in [-0.3, -0.25) is 24.2 Å². The number of hydrogen-bond acceptors (Lipinski definition) is 7. The van der Waals surface area contributed by atoms with Gasteiger partial charge in [-0.2, -0.15) is 0 Å². The fourth-order valence-corrected chi connectivity index (χ4v) is 4.41. The molecule has 2 aliphatic rings. The topological polar surface area (TPSA) is 99.3 Å². The Morgan fingerprint density at radius 2 is 1.81 bits per heavy atom. The summed E-state index contributed by atoms with van der Waals surface area (Å²) in [6.07, 6.45) is 2.08. The Morgan fingerprint density at radius 3 is 2.42 bits per heavy atom. The molecule has 0 aromatic carbocycles. The number of nitrogens with one attached hydrogen (secondary N) is 1. The van der Waals surface area contributed by atoms with Crippen molar-refractivity contribution in [3.8, 4) is 0 Å². The lowest BCUT2D eigenvalue weighted by Crippen LogP contribution is -2.66. The molecule has 3 atom stereocenters. The molecule has 0 radical (unpaired) electrons. The number of amides is 3. The summed E-state index contributed by atoms with van der Waals surface area (Å²) in [6.45, 7) is 7.67. The average molecular weight is 441 g/mol. The van der Waals surface area contributed by atoms with Crippen LogP contribution in [-0.4, -0.2) is 83.8 Å². The van der Waals surface area contributed by atoms with E-state index in [-0.39, 0.29) is 43.3 Å². The van der Waals surface area contributed by atoms with Crippen molar-refractivity contribution in [2.45, 2.75) is 84.3 Å². The molecular weight excluding hydrogens is 400 g/mol. The maximum absolute atomic E-state index is 13.0. The summed E-state index contributed by atoms with van der Waals surface area (Å²) >= 11 is 0. The number of hydrogen-bond donors (Lipinski definition) is 1. The van der Waals surface area contributed by atoms with Crippen molar-refractivity contribution in [1.82, 2.24) is 20.2 Å². The number of likely N-dealkylation sites (N-methyl/N-ethyl adjacent to an activating group) is 2. The number of nitrogens with zero attached hydrogens (tertiary/aromatic N) is 3. The van der Waals surface area contributed by atoms with Crippen LogP contribution in [0.15, 0.2) is 0 Å². The number of rotatable bonds is 9. The summed E-state index contributed by atoms with van der Waals surface area (Å²) in [6, 6.07) is -0.0701. The first kappa shape index (κ1) is 22.2. The van der Waals surface area contributed by atoms with E-state index >= 15 is 0 Å². The summed E-state index contributed by atoms with van der Waals surface area (Å²) in [4.78, 5) is 56.6. The summed E-state index contributed by atoms with van der Waals surface area (Å²) in [5.74, 6) is -1.73. The summed E-state index contributed by atoms with van der Waals surface area (Å²) in [5.41, 5.74) is -0.799. The van der Waals surface area contributed by atoms with Crippen molar-refractivity contribution in [3.05, 3.63) is 0 Å². The Balaban J connectivity index is 1.77. The molecule has 3 amide bonds. The molecule has 9 nitrogen and oxygen atoms in total. The van der Waals surface area contributed by atoms with E-state index in [0.717, 1.165) is 0 Å². The molecule has 0 aromatic heterocycles. The van der Waals surface area contributed by atoms with Gasteiger partial charge in [0.15, 0.2) is 0 Å². The van der Waals surface area contributed by atoms with Gasteiger partial charge in [-0.05, 0) is 54.6 Å². The Morgan fingerprint density at radius 1 is 1.16 bits per heavy atom. The number of carbonyl (C=O) groups is 4. The molecule has 2 heterocycles. The van der Waals surface area contributed by atoms with Gasteiger partial charge < -0.3 is 10.2 Å². The monoisotopic (exact) mass is 440 g/mol. The van der Waals surface area contributed by atoms with E-state index in [0.29, 0.717) is 37.4 Å². The standard InChI is InChI=1S/C22H38N4O5/c1-15-14-24(5)20(16(2)25(15)6)22(3,4)21(30)23-13-9-7-8-10-19(29)31-26-17(27)11-12-18(26)28/h15-16,20H,7-14H2,1-6H3,(H,23,30)/i5D2. The molecule has 31 heavy (non-hydrogen) atoms. The zero-order valence-corrected chi connectivity index (χ0v) is 19.3. The SMILES string of the molecule is [2H]C([2H])N1CC(C)N(C)C(C)C1C(C)(C)C(=O)NCCCCCC(=O)ON1C(=O)CCC1=O. The van der Waals surface area contributed by atoms with Crippen LogP contribution >= 0.6 is 0 Å². The van der Waals surface area contributed by atoms with E-state index in [9.17, 15) is 19.2 Å². The fourth-order valence-electron chi connectivity index (χ4n) is 4.41. The number of imide groups is 1. The van der Waals surface area contributed by atoms with Crippen LogP contribution in [0.1, 0.15) is 69.0 Å². The third-order valence-electron chi connectivity index (χ3n) is 6.49. The molecule has 0 saturated carbocycles. The zero-order chi connectivity index (χ0) is 24.9. The Bertz CT molecular complexity index is 732. The minimum atomic E-state index is -1.15. The fraction of sp³-hybridized carbons (Fsp3) is 0.818. The first-order valence-corrected chi connectivity index (χ1v) is 11.0.